The maximum atomic E-state index is 8.43. The molecule has 0 amide bonds. The minimum Gasteiger partial charge on any atom is -0.291 e. The topological polar surface area (TPSA) is 32.3 Å². The van der Waals surface area contributed by atoms with E-state index in [4.69, 9.17) is 5.21 Å². The number of unbranched alkanes of at least 4 members (excludes halogenated alkanes) is 1. The number of hydroxylamine groups is 1. The molecule has 0 atom stereocenters. The van der Waals surface area contributed by atoms with Crippen LogP contribution in [0.1, 0.15) is 33.1 Å². The van der Waals surface area contributed by atoms with Crippen molar-refractivity contribution in [3.63, 3.8) is 0 Å². The van der Waals surface area contributed by atoms with Crippen molar-refractivity contribution in [2.45, 2.75) is 33.1 Å². The average Bonchev–Trinajstić information content (AvgIpc) is 1.91. The van der Waals surface area contributed by atoms with Gasteiger partial charge in [-0.25, -0.2) is 0 Å². The molecule has 0 bridgehead atoms. The second-order valence-corrected chi connectivity index (χ2v) is 1.98. The smallest absolute Gasteiger partial charge is 0.0333 e. The molecule has 0 radical (unpaired) electrons. The van der Waals surface area contributed by atoms with E-state index in [0.29, 0.717) is 0 Å². The summed E-state index contributed by atoms with van der Waals surface area (Å²) in [6.45, 7) is 4.12. The summed E-state index contributed by atoms with van der Waals surface area (Å²) in [6, 6.07) is 0. The summed E-state index contributed by atoms with van der Waals surface area (Å²) in [4.78, 5) is 0. The minimum absolute atomic E-state index is 0.872. The lowest BCUT2D eigenvalue weighted by atomic mass is 10.2. The first-order valence-corrected chi connectivity index (χ1v) is 3.44. The van der Waals surface area contributed by atoms with E-state index in [1.54, 1.807) is 0 Å². The number of hydrogen-bond donors (Lipinski definition) is 2. The Hall–Kier alpha value is -0.500. The van der Waals surface area contributed by atoms with Crippen LogP contribution in [0.25, 0.3) is 0 Å². The molecule has 0 heterocycles. The Bertz CT molecular complexity index is 82.9. The summed E-state index contributed by atoms with van der Waals surface area (Å²) in [7, 11) is 0. The second-order valence-electron chi connectivity index (χ2n) is 1.98. The first-order chi connectivity index (χ1) is 4.35. The summed E-state index contributed by atoms with van der Waals surface area (Å²) >= 11 is 0. The van der Waals surface area contributed by atoms with Gasteiger partial charge in [-0.15, -0.1) is 0 Å². The Kier molecular flexibility index (Phi) is 5.32. The monoisotopic (exact) mass is 129 g/mol. The molecule has 0 rings (SSSR count). The second kappa shape index (κ2) is 5.63. The van der Waals surface area contributed by atoms with Gasteiger partial charge in [-0.3, -0.25) is 10.7 Å². The van der Waals surface area contributed by atoms with E-state index in [1.807, 2.05) is 13.0 Å². The Balaban J connectivity index is 3.48. The molecule has 0 spiro atoms. The van der Waals surface area contributed by atoms with Gasteiger partial charge in [-0.1, -0.05) is 26.3 Å². The molecule has 0 aliphatic rings. The van der Waals surface area contributed by atoms with E-state index in [1.165, 1.54) is 0 Å². The van der Waals surface area contributed by atoms with Crippen molar-refractivity contribution in [3.8, 4) is 0 Å². The third-order valence-electron chi connectivity index (χ3n) is 1.20. The Morgan fingerprint density at radius 1 is 1.56 bits per heavy atom. The Labute approximate surface area is 56.5 Å². The van der Waals surface area contributed by atoms with Crippen molar-refractivity contribution in [1.82, 2.24) is 5.48 Å². The number of nitrogens with one attached hydrogen (secondary N) is 1. The van der Waals surface area contributed by atoms with E-state index >= 15 is 0 Å². The summed E-state index contributed by atoms with van der Waals surface area (Å²) < 4.78 is 0. The molecule has 0 aromatic carbocycles. The zero-order chi connectivity index (χ0) is 7.11. The predicted molar refractivity (Wildman–Crippen MR) is 38.2 cm³/mol. The van der Waals surface area contributed by atoms with Crippen molar-refractivity contribution < 1.29 is 5.21 Å². The summed E-state index contributed by atoms with van der Waals surface area (Å²) in [5.41, 5.74) is 3.06. The van der Waals surface area contributed by atoms with Crippen molar-refractivity contribution >= 4 is 0 Å². The standard InChI is InChI=1S/C7H15NO/c1-3-5-6-7(4-2)8-9/h6,8-9H,3-5H2,1-2H3/b7-6+. The van der Waals surface area contributed by atoms with Gasteiger partial charge < -0.3 is 0 Å². The third kappa shape index (κ3) is 4.03. The Morgan fingerprint density at radius 3 is 2.56 bits per heavy atom. The lowest BCUT2D eigenvalue weighted by Crippen LogP contribution is -2.04. The largest absolute Gasteiger partial charge is 0.291 e. The minimum atomic E-state index is 0.872. The first kappa shape index (κ1) is 8.50. The maximum Gasteiger partial charge on any atom is 0.0333 e. The van der Waals surface area contributed by atoms with E-state index < -0.39 is 0 Å². The fraction of sp³-hybridized carbons (Fsp3) is 0.714. The molecule has 9 heavy (non-hydrogen) atoms. The van der Waals surface area contributed by atoms with Crippen LogP contribution in [-0.2, 0) is 0 Å². The predicted octanol–water partition coefficient (Wildman–Crippen LogP) is 2.06. The highest BCUT2D eigenvalue weighted by Crippen LogP contribution is 1.97. The third-order valence-corrected chi connectivity index (χ3v) is 1.20. The molecule has 0 aromatic rings. The molecular formula is C7H15NO. The van der Waals surface area contributed by atoms with Crippen molar-refractivity contribution in [2.24, 2.45) is 0 Å². The quantitative estimate of drug-likeness (QED) is 0.569. The van der Waals surface area contributed by atoms with Gasteiger partial charge in [0.05, 0.1) is 0 Å². The van der Waals surface area contributed by atoms with E-state index in [9.17, 15) is 0 Å². The molecule has 0 unspecified atom stereocenters. The average molecular weight is 129 g/mol. The maximum absolute atomic E-state index is 8.43. The molecule has 0 saturated heterocycles. The summed E-state index contributed by atoms with van der Waals surface area (Å²) in [6.07, 6.45) is 5.05. The van der Waals surface area contributed by atoms with Gasteiger partial charge in [0.25, 0.3) is 0 Å². The van der Waals surface area contributed by atoms with Crippen LogP contribution in [0.5, 0.6) is 0 Å². The highest BCUT2D eigenvalue weighted by atomic mass is 16.5. The van der Waals surface area contributed by atoms with Gasteiger partial charge in [0.15, 0.2) is 0 Å². The fourth-order valence-electron chi connectivity index (χ4n) is 0.588. The molecular weight excluding hydrogens is 114 g/mol. The highest BCUT2D eigenvalue weighted by Gasteiger charge is 1.86. The van der Waals surface area contributed by atoms with Crippen LogP contribution in [0.2, 0.25) is 0 Å². The van der Waals surface area contributed by atoms with Gasteiger partial charge in [0.2, 0.25) is 0 Å². The van der Waals surface area contributed by atoms with Crippen LogP contribution < -0.4 is 5.48 Å². The SMILES string of the molecule is CCC/C=C(\CC)NO. The van der Waals surface area contributed by atoms with E-state index in [-0.39, 0.29) is 0 Å². The Morgan fingerprint density at radius 2 is 2.22 bits per heavy atom. The van der Waals surface area contributed by atoms with E-state index in [0.717, 1.165) is 25.0 Å². The van der Waals surface area contributed by atoms with Crippen molar-refractivity contribution in [1.29, 1.82) is 0 Å². The van der Waals surface area contributed by atoms with Gasteiger partial charge in [-0.2, -0.15) is 0 Å². The van der Waals surface area contributed by atoms with Gasteiger partial charge >= 0.3 is 0 Å². The van der Waals surface area contributed by atoms with Crippen LogP contribution in [0.4, 0.5) is 0 Å². The first-order valence-electron chi connectivity index (χ1n) is 3.44. The molecule has 0 aliphatic carbocycles. The summed E-state index contributed by atoms with van der Waals surface area (Å²) in [5, 5.41) is 8.43. The van der Waals surface area contributed by atoms with Crippen LogP contribution >= 0.6 is 0 Å². The number of hydrogen-bond acceptors (Lipinski definition) is 2. The molecule has 0 aliphatic heterocycles. The molecule has 0 saturated carbocycles. The molecule has 54 valence electrons. The van der Waals surface area contributed by atoms with Crippen molar-refractivity contribution in [2.75, 3.05) is 0 Å². The van der Waals surface area contributed by atoms with Gasteiger partial charge in [-0.05, 0) is 12.8 Å². The normalized spacial score (nSPS) is 11.7. The molecule has 0 aromatic heterocycles. The molecule has 2 N–H and O–H groups in total. The van der Waals surface area contributed by atoms with E-state index in [2.05, 4.69) is 12.4 Å². The van der Waals surface area contributed by atoms with Crippen LogP contribution in [-0.4, -0.2) is 5.21 Å². The molecule has 2 heteroatoms. The van der Waals surface area contributed by atoms with Crippen LogP contribution in [0.3, 0.4) is 0 Å². The van der Waals surface area contributed by atoms with Crippen LogP contribution in [0, 0.1) is 0 Å². The molecule has 2 nitrogen and oxygen atoms in total. The highest BCUT2D eigenvalue weighted by molar-refractivity contribution is 4.95. The van der Waals surface area contributed by atoms with Gasteiger partial charge in [0.1, 0.15) is 0 Å². The summed E-state index contributed by atoms with van der Waals surface area (Å²) in [5.74, 6) is 0. The lowest BCUT2D eigenvalue weighted by Gasteiger charge is -1.99. The van der Waals surface area contributed by atoms with Gasteiger partial charge in [0, 0.05) is 5.70 Å². The lowest BCUT2D eigenvalue weighted by molar-refractivity contribution is 0.196. The van der Waals surface area contributed by atoms with Crippen molar-refractivity contribution in [3.05, 3.63) is 11.8 Å². The van der Waals surface area contributed by atoms with Crippen LogP contribution in [0.15, 0.2) is 11.8 Å². The fourth-order valence-corrected chi connectivity index (χ4v) is 0.588. The zero-order valence-electron chi connectivity index (χ0n) is 6.15. The number of allylic oxidation sites excluding steroid dienone is 2. The zero-order valence-corrected chi connectivity index (χ0v) is 6.15. The number of rotatable bonds is 4. The molecule has 0 fully saturated rings.